The largest absolute Gasteiger partial charge is 0.496 e. The highest BCUT2D eigenvalue weighted by molar-refractivity contribution is 5.92. The van der Waals surface area contributed by atoms with Crippen molar-refractivity contribution >= 4 is 11.9 Å². The van der Waals surface area contributed by atoms with Crippen LogP contribution in [0, 0.1) is 5.92 Å². The summed E-state index contributed by atoms with van der Waals surface area (Å²) < 4.78 is 21.4. The second kappa shape index (κ2) is 5.40. The molecule has 0 spiro atoms. The molecule has 0 radical (unpaired) electrons. The number of esters is 2. The Hall–Kier alpha value is -2.76. The summed E-state index contributed by atoms with van der Waals surface area (Å²) in [7, 11) is 1.60. The lowest BCUT2D eigenvalue weighted by atomic mass is 9.98. The number of carbonyl (C=O) groups excluding carboxylic acids is 2. The molecule has 0 saturated carbocycles. The van der Waals surface area contributed by atoms with Gasteiger partial charge in [0.2, 0.25) is 0 Å². The number of carbonyl (C=O) groups is 2. The van der Waals surface area contributed by atoms with Crippen molar-refractivity contribution in [2.45, 2.75) is 25.7 Å². The van der Waals surface area contributed by atoms with E-state index in [4.69, 9.17) is 18.9 Å². The van der Waals surface area contributed by atoms with Gasteiger partial charge in [-0.25, -0.2) is 9.59 Å². The summed E-state index contributed by atoms with van der Waals surface area (Å²) in [5, 5.41) is 0. The SMILES string of the molecule is COc1cccc2c1[C@H]1OC(=O)C(=CO[C@H]3C=C(C)C(=O)O3)[C@H]1C2. The van der Waals surface area contributed by atoms with Crippen LogP contribution in [0.5, 0.6) is 5.75 Å². The summed E-state index contributed by atoms with van der Waals surface area (Å²) >= 11 is 0. The molecular weight excluding hydrogens is 312 g/mol. The molecule has 0 amide bonds. The minimum absolute atomic E-state index is 0.119. The highest BCUT2D eigenvalue weighted by atomic mass is 16.7. The van der Waals surface area contributed by atoms with E-state index in [1.165, 1.54) is 6.26 Å². The van der Waals surface area contributed by atoms with E-state index in [2.05, 4.69) is 0 Å². The Balaban J connectivity index is 1.58. The molecule has 0 bridgehead atoms. The zero-order valence-corrected chi connectivity index (χ0v) is 13.3. The second-order valence-corrected chi connectivity index (χ2v) is 6.00. The zero-order valence-electron chi connectivity index (χ0n) is 13.3. The number of benzene rings is 1. The maximum absolute atomic E-state index is 12.2. The zero-order chi connectivity index (χ0) is 16.8. The molecular formula is C18H16O6. The van der Waals surface area contributed by atoms with Gasteiger partial charge in [0.15, 0.2) is 0 Å². The molecule has 1 aliphatic carbocycles. The Bertz CT molecular complexity index is 791. The van der Waals surface area contributed by atoms with Crippen molar-refractivity contribution in [3.63, 3.8) is 0 Å². The molecule has 0 N–H and O–H groups in total. The van der Waals surface area contributed by atoms with Crippen molar-refractivity contribution in [3.05, 3.63) is 52.8 Å². The van der Waals surface area contributed by atoms with Crippen LogP contribution in [0.2, 0.25) is 0 Å². The predicted molar refractivity (Wildman–Crippen MR) is 81.8 cm³/mol. The van der Waals surface area contributed by atoms with Crippen LogP contribution in [-0.2, 0) is 30.2 Å². The monoisotopic (exact) mass is 328 g/mol. The number of hydrogen-bond acceptors (Lipinski definition) is 6. The van der Waals surface area contributed by atoms with E-state index in [1.807, 2.05) is 18.2 Å². The Morgan fingerprint density at radius 3 is 2.75 bits per heavy atom. The molecule has 6 heteroatoms. The summed E-state index contributed by atoms with van der Waals surface area (Å²) in [5.41, 5.74) is 2.96. The van der Waals surface area contributed by atoms with Crippen LogP contribution in [0.4, 0.5) is 0 Å². The van der Waals surface area contributed by atoms with E-state index < -0.39 is 18.2 Å². The third-order valence-electron chi connectivity index (χ3n) is 4.60. The van der Waals surface area contributed by atoms with Gasteiger partial charge in [-0.3, -0.25) is 0 Å². The van der Waals surface area contributed by atoms with Crippen LogP contribution in [0.1, 0.15) is 24.2 Å². The van der Waals surface area contributed by atoms with Crippen molar-refractivity contribution in [3.8, 4) is 5.75 Å². The highest BCUT2D eigenvalue weighted by Crippen LogP contribution is 2.50. The van der Waals surface area contributed by atoms with Gasteiger partial charge in [-0.1, -0.05) is 12.1 Å². The van der Waals surface area contributed by atoms with Crippen LogP contribution >= 0.6 is 0 Å². The fraction of sp³-hybridized carbons (Fsp3) is 0.333. The van der Waals surface area contributed by atoms with Gasteiger partial charge >= 0.3 is 11.9 Å². The molecule has 6 nitrogen and oxygen atoms in total. The van der Waals surface area contributed by atoms with Crippen molar-refractivity contribution in [2.24, 2.45) is 5.92 Å². The summed E-state index contributed by atoms with van der Waals surface area (Å²) in [5.74, 6) is -0.223. The minimum Gasteiger partial charge on any atom is -0.496 e. The van der Waals surface area contributed by atoms with Crippen molar-refractivity contribution < 1.29 is 28.5 Å². The molecule has 1 saturated heterocycles. The molecule has 24 heavy (non-hydrogen) atoms. The van der Waals surface area contributed by atoms with E-state index in [9.17, 15) is 9.59 Å². The maximum atomic E-state index is 12.2. The first-order chi connectivity index (χ1) is 11.6. The fourth-order valence-corrected chi connectivity index (χ4v) is 3.41. The number of cyclic esters (lactones) is 1. The van der Waals surface area contributed by atoms with Gasteiger partial charge in [0.1, 0.15) is 11.9 Å². The number of rotatable bonds is 3. The van der Waals surface area contributed by atoms with E-state index in [-0.39, 0.29) is 12.0 Å². The number of hydrogen-bond donors (Lipinski definition) is 0. The second-order valence-electron chi connectivity index (χ2n) is 6.00. The molecule has 3 atom stereocenters. The van der Waals surface area contributed by atoms with E-state index in [1.54, 1.807) is 20.1 Å². The molecule has 1 fully saturated rings. The molecule has 2 heterocycles. The lowest BCUT2D eigenvalue weighted by Gasteiger charge is -2.12. The van der Waals surface area contributed by atoms with Crippen LogP contribution < -0.4 is 4.74 Å². The third-order valence-corrected chi connectivity index (χ3v) is 4.60. The maximum Gasteiger partial charge on any atom is 0.338 e. The lowest BCUT2D eigenvalue weighted by molar-refractivity contribution is -0.152. The molecule has 3 aliphatic rings. The molecule has 2 aliphatic heterocycles. The van der Waals surface area contributed by atoms with Gasteiger partial charge in [-0.2, -0.15) is 0 Å². The van der Waals surface area contributed by atoms with Crippen LogP contribution in [-0.4, -0.2) is 25.3 Å². The Morgan fingerprint density at radius 2 is 2.04 bits per heavy atom. The topological polar surface area (TPSA) is 71.1 Å². The van der Waals surface area contributed by atoms with Gasteiger partial charge in [-0.15, -0.1) is 0 Å². The smallest absolute Gasteiger partial charge is 0.338 e. The van der Waals surface area contributed by atoms with Crippen molar-refractivity contribution in [1.29, 1.82) is 0 Å². The molecule has 1 aromatic carbocycles. The Morgan fingerprint density at radius 1 is 1.21 bits per heavy atom. The summed E-state index contributed by atoms with van der Waals surface area (Å²) in [6.07, 6.45) is 2.46. The lowest BCUT2D eigenvalue weighted by Crippen LogP contribution is -2.11. The number of fused-ring (bicyclic) bond motifs is 3. The van der Waals surface area contributed by atoms with Crippen LogP contribution in [0.25, 0.3) is 0 Å². The molecule has 1 aromatic rings. The van der Waals surface area contributed by atoms with Crippen LogP contribution in [0.3, 0.4) is 0 Å². The Labute approximate surface area is 138 Å². The third kappa shape index (κ3) is 2.18. The van der Waals surface area contributed by atoms with Crippen molar-refractivity contribution in [2.75, 3.05) is 7.11 Å². The first-order valence-corrected chi connectivity index (χ1v) is 7.70. The van der Waals surface area contributed by atoms with Crippen LogP contribution in [0.15, 0.2) is 41.7 Å². The minimum atomic E-state index is -0.796. The number of methoxy groups -OCH3 is 1. The van der Waals surface area contributed by atoms with E-state index in [0.717, 1.165) is 16.9 Å². The van der Waals surface area contributed by atoms with E-state index >= 15 is 0 Å². The summed E-state index contributed by atoms with van der Waals surface area (Å²) in [4.78, 5) is 23.5. The van der Waals surface area contributed by atoms with Gasteiger partial charge in [0.25, 0.3) is 6.29 Å². The van der Waals surface area contributed by atoms with Gasteiger partial charge in [-0.05, 0) is 25.0 Å². The standard InChI is InChI=1S/C18H16O6/c1-9-6-14(23-17(9)19)22-8-12-11-7-10-4-3-5-13(21-2)15(10)16(11)24-18(12)20/h3-6,8,11,14,16H,7H2,1-2H3/t11-,14-,16+/m1/s1. The highest BCUT2D eigenvalue weighted by Gasteiger charge is 2.48. The van der Waals surface area contributed by atoms with Gasteiger partial charge in [0.05, 0.1) is 18.9 Å². The quantitative estimate of drug-likeness (QED) is 0.481. The van der Waals surface area contributed by atoms with E-state index in [0.29, 0.717) is 17.6 Å². The number of ether oxygens (including phenoxy) is 4. The first-order valence-electron chi connectivity index (χ1n) is 7.70. The first kappa shape index (κ1) is 14.8. The molecule has 0 unspecified atom stereocenters. The molecule has 4 rings (SSSR count). The van der Waals surface area contributed by atoms with Gasteiger partial charge < -0.3 is 18.9 Å². The van der Waals surface area contributed by atoms with Crippen molar-refractivity contribution in [1.82, 2.24) is 0 Å². The summed E-state index contributed by atoms with van der Waals surface area (Å²) in [6, 6.07) is 5.79. The summed E-state index contributed by atoms with van der Waals surface area (Å²) in [6.45, 7) is 1.65. The molecule has 124 valence electrons. The average molecular weight is 328 g/mol. The van der Waals surface area contributed by atoms with Gasteiger partial charge in [0, 0.05) is 23.1 Å². The normalized spacial score (nSPS) is 29.0. The predicted octanol–water partition coefficient (Wildman–Crippen LogP) is 2.20. The fourth-order valence-electron chi connectivity index (χ4n) is 3.41. The Kier molecular flexibility index (Phi) is 3.33. The average Bonchev–Trinajstić information content (AvgIpc) is 3.17. The molecule has 0 aromatic heterocycles.